The monoisotopic (exact) mass is 323 g/mol. The number of hydrogen-bond acceptors (Lipinski definition) is 5. The summed E-state index contributed by atoms with van der Waals surface area (Å²) in [6.45, 7) is 0.261. The second kappa shape index (κ2) is 8.39. The molecular formula is C19H17NO4. The zero-order chi connectivity index (χ0) is 17.4. The second-order valence-corrected chi connectivity index (χ2v) is 4.82. The van der Waals surface area contributed by atoms with E-state index in [0.717, 1.165) is 11.1 Å². The molecule has 2 aromatic carbocycles. The first-order valence-corrected chi connectivity index (χ1v) is 7.22. The van der Waals surface area contributed by atoms with Crippen LogP contribution in [0.25, 0.3) is 6.08 Å². The molecule has 0 atom stereocenters. The van der Waals surface area contributed by atoms with Crippen molar-refractivity contribution < 1.29 is 19.0 Å². The lowest BCUT2D eigenvalue weighted by Crippen LogP contribution is -2.00. The standard InChI is InChI=1S/C19H17NO4/c1-22-18-11-14(8-10-19(21)23-2)7-9-17(18)24-13-16-6-4-3-5-15(16)12-20/h3-11H,13H2,1-2H3/b10-8+. The number of nitriles is 1. The van der Waals surface area contributed by atoms with E-state index in [2.05, 4.69) is 10.8 Å². The van der Waals surface area contributed by atoms with E-state index in [1.165, 1.54) is 13.2 Å². The molecule has 0 fully saturated rings. The maximum Gasteiger partial charge on any atom is 0.330 e. The van der Waals surface area contributed by atoms with Gasteiger partial charge in [0.25, 0.3) is 0 Å². The highest BCUT2D eigenvalue weighted by Crippen LogP contribution is 2.29. The Labute approximate surface area is 140 Å². The van der Waals surface area contributed by atoms with Gasteiger partial charge in [-0.15, -0.1) is 0 Å². The number of hydrogen-bond donors (Lipinski definition) is 0. The van der Waals surface area contributed by atoms with Crippen molar-refractivity contribution in [2.75, 3.05) is 14.2 Å². The predicted octanol–water partition coefficient (Wildman–Crippen LogP) is 3.33. The molecular weight excluding hydrogens is 306 g/mol. The Morgan fingerprint density at radius 1 is 1.17 bits per heavy atom. The van der Waals surface area contributed by atoms with Crippen molar-refractivity contribution in [2.45, 2.75) is 6.61 Å². The number of carbonyl (C=O) groups excluding carboxylic acids is 1. The van der Waals surface area contributed by atoms with Crippen LogP contribution in [0.4, 0.5) is 0 Å². The van der Waals surface area contributed by atoms with Gasteiger partial charge in [-0.25, -0.2) is 4.79 Å². The third-order valence-corrected chi connectivity index (χ3v) is 3.32. The van der Waals surface area contributed by atoms with Crippen LogP contribution < -0.4 is 9.47 Å². The van der Waals surface area contributed by atoms with Gasteiger partial charge in [0.05, 0.1) is 25.9 Å². The Morgan fingerprint density at radius 2 is 1.96 bits per heavy atom. The maximum atomic E-state index is 11.1. The van der Waals surface area contributed by atoms with Crippen LogP contribution in [-0.4, -0.2) is 20.2 Å². The summed E-state index contributed by atoms with van der Waals surface area (Å²) >= 11 is 0. The van der Waals surface area contributed by atoms with Crippen molar-refractivity contribution >= 4 is 12.0 Å². The first-order valence-electron chi connectivity index (χ1n) is 7.22. The summed E-state index contributed by atoms with van der Waals surface area (Å²) in [6, 6.07) is 14.7. The van der Waals surface area contributed by atoms with Gasteiger partial charge in [0.1, 0.15) is 6.61 Å². The third-order valence-electron chi connectivity index (χ3n) is 3.32. The molecule has 0 saturated heterocycles. The van der Waals surface area contributed by atoms with Crippen LogP contribution in [-0.2, 0) is 16.1 Å². The minimum absolute atomic E-state index is 0.261. The molecule has 5 heteroatoms. The van der Waals surface area contributed by atoms with Crippen molar-refractivity contribution in [1.29, 1.82) is 5.26 Å². The van der Waals surface area contributed by atoms with E-state index >= 15 is 0 Å². The SMILES string of the molecule is COC(=O)/C=C/c1ccc(OCc2ccccc2C#N)c(OC)c1. The fraction of sp³-hybridized carbons (Fsp3) is 0.158. The summed E-state index contributed by atoms with van der Waals surface area (Å²) in [5.74, 6) is 0.666. The fourth-order valence-corrected chi connectivity index (χ4v) is 2.05. The molecule has 0 aliphatic carbocycles. The molecule has 122 valence electrons. The topological polar surface area (TPSA) is 68.5 Å². The Bertz CT molecular complexity index is 790. The molecule has 0 radical (unpaired) electrons. The first-order chi connectivity index (χ1) is 11.7. The molecule has 0 bridgehead atoms. The van der Waals surface area contributed by atoms with Crippen molar-refractivity contribution in [3.05, 3.63) is 65.2 Å². The lowest BCUT2D eigenvalue weighted by Gasteiger charge is -2.12. The molecule has 0 aliphatic heterocycles. The molecule has 0 spiro atoms. The smallest absolute Gasteiger partial charge is 0.330 e. The molecule has 0 heterocycles. The van der Waals surface area contributed by atoms with Crippen LogP contribution in [0.15, 0.2) is 48.5 Å². The lowest BCUT2D eigenvalue weighted by atomic mass is 10.1. The number of methoxy groups -OCH3 is 2. The lowest BCUT2D eigenvalue weighted by molar-refractivity contribution is -0.134. The van der Waals surface area contributed by atoms with Crippen LogP contribution in [0.5, 0.6) is 11.5 Å². The normalized spacial score (nSPS) is 10.2. The summed E-state index contributed by atoms with van der Waals surface area (Å²) in [5.41, 5.74) is 2.16. The highest BCUT2D eigenvalue weighted by atomic mass is 16.5. The van der Waals surface area contributed by atoms with E-state index in [-0.39, 0.29) is 6.61 Å². The predicted molar refractivity (Wildman–Crippen MR) is 89.5 cm³/mol. The number of rotatable bonds is 6. The fourth-order valence-electron chi connectivity index (χ4n) is 2.05. The van der Waals surface area contributed by atoms with Gasteiger partial charge < -0.3 is 14.2 Å². The summed E-state index contributed by atoms with van der Waals surface area (Å²) in [4.78, 5) is 11.1. The van der Waals surface area contributed by atoms with Crippen LogP contribution in [0.2, 0.25) is 0 Å². The van der Waals surface area contributed by atoms with E-state index < -0.39 is 5.97 Å². The first kappa shape index (κ1) is 17.1. The molecule has 0 unspecified atom stereocenters. The van der Waals surface area contributed by atoms with E-state index in [1.54, 1.807) is 37.5 Å². The Hall–Kier alpha value is -3.26. The third kappa shape index (κ3) is 4.37. The number of nitrogens with zero attached hydrogens (tertiary/aromatic N) is 1. The highest BCUT2D eigenvalue weighted by molar-refractivity contribution is 5.87. The van der Waals surface area contributed by atoms with E-state index in [0.29, 0.717) is 17.1 Å². The summed E-state index contributed by atoms with van der Waals surface area (Å²) in [6.07, 6.45) is 2.96. The van der Waals surface area contributed by atoms with Crippen LogP contribution in [0, 0.1) is 11.3 Å². The van der Waals surface area contributed by atoms with Gasteiger partial charge in [-0.3, -0.25) is 0 Å². The average molecular weight is 323 g/mol. The second-order valence-electron chi connectivity index (χ2n) is 4.82. The van der Waals surface area contributed by atoms with E-state index in [1.807, 2.05) is 18.2 Å². The Kier molecular flexibility index (Phi) is 5.98. The zero-order valence-corrected chi connectivity index (χ0v) is 13.5. The van der Waals surface area contributed by atoms with Crippen molar-refractivity contribution in [3.8, 4) is 17.6 Å². The molecule has 0 aromatic heterocycles. The van der Waals surface area contributed by atoms with Crippen molar-refractivity contribution in [3.63, 3.8) is 0 Å². The van der Waals surface area contributed by atoms with E-state index in [9.17, 15) is 4.79 Å². The van der Waals surface area contributed by atoms with Gasteiger partial charge in [-0.2, -0.15) is 5.26 Å². The Morgan fingerprint density at radius 3 is 2.67 bits per heavy atom. The molecule has 0 saturated carbocycles. The van der Waals surface area contributed by atoms with Gasteiger partial charge in [-0.05, 0) is 29.8 Å². The summed E-state index contributed by atoms with van der Waals surface area (Å²) < 4.78 is 15.6. The zero-order valence-electron chi connectivity index (χ0n) is 13.5. The van der Waals surface area contributed by atoms with Gasteiger partial charge in [-0.1, -0.05) is 24.3 Å². The Balaban J connectivity index is 2.15. The maximum absolute atomic E-state index is 11.1. The van der Waals surface area contributed by atoms with Crippen LogP contribution in [0.3, 0.4) is 0 Å². The minimum atomic E-state index is -0.428. The van der Waals surface area contributed by atoms with Crippen molar-refractivity contribution in [1.82, 2.24) is 0 Å². The number of carbonyl (C=O) groups is 1. The number of esters is 1. The molecule has 0 amide bonds. The minimum Gasteiger partial charge on any atom is -0.493 e. The number of benzene rings is 2. The van der Waals surface area contributed by atoms with Crippen LogP contribution in [0.1, 0.15) is 16.7 Å². The highest BCUT2D eigenvalue weighted by Gasteiger charge is 2.07. The van der Waals surface area contributed by atoms with Gasteiger partial charge in [0.15, 0.2) is 11.5 Å². The van der Waals surface area contributed by atoms with Gasteiger partial charge >= 0.3 is 5.97 Å². The molecule has 24 heavy (non-hydrogen) atoms. The van der Waals surface area contributed by atoms with Gasteiger partial charge in [0, 0.05) is 11.6 Å². The molecule has 0 N–H and O–H groups in total. The van der Waals surface area contributed by atoms with E-state index in [4.69, 9.17) is 14.7 Å². The average Bonchev–Trinajstić information content (AvgIpc) is 2.64. The molecule has 2 aromatic rings. The molecule has 2 rings (SSSR count). The number of ether oxygens (including phenoxy) is 3. The molecule has 5 nitrogen and oxygen atoms in total. The molecule has 0 aliphatic rings. The summed E-state index contributed by atoms with van der Waals surface area (Å²) in [7, 11) is 2.86. The quantitative estimate of drug-likeness (QED) is 0.602. The van der Waals surface area contributed by atoms with Crippen LogP contribution >= 0.6 is 0 Å². The van der Waals surface area contributed by atoms with Gasteiger partial charge in [0.2, 0.25) is 0 Å². The summed E-state index contributed by atoms with van der Waals surface area (Å²) in [5, 5.41) is 9.10. The largest absolute Gasteiger partial charge is 0.493 e. The van der Waals surface area contributed by atoms with Crippen molar-refractivity contribution in [2.24, 2.45) is 0 Å².